The molecule has 1 aromatic rings. The van der Waals surface area contributed by atoms with Gasteiger partial charge in [-0.1, -0.05) is 11.6 Å². The summed E-state index contributed by atoms with van der Waals surface area (Å²) in [5, 5.41) is 8.08. The number of pyridine rings is 1. The number of hydrogen-bond acceptors (Lipinski definition) is 4. The molecule has 0 N–H and O–H groups in total. The van der Waals surface area contributed by atoms with Crippen LogP contribution in [0.1, 0.15) is 35.0 Å². The van der Waals surface area contributed by atoms with E-state index in [1.165, 1.54) is 0 Å². The van der Waals surface area contributed by atoms with Crippen LogP contribution in [-0.2, 0) is 4.74 Å². The molecular formula is C10H7ClF2N2O2. The Morgan fingerprint density at radius 1 is 1.71 bits per heavy atom. The first-order valence-electron chi connectivity index (χ1n) is 4.56. The summed E-state index contributed by atoms with van der Waals surface area (Å²) >= 11 is 5.58. The van der Waals surface area contributed by atoms with Gasteiger partial charge in [0.25, 0.3) is 6.43 Å². The molecule has 0 aliphatic heterocycles. The van der Waals surface area contributed by atoms with Crippen molar-refractivity contribution >= 4 is 17.6 Å². The van der Waals surface area contributed by atoms with Crippen LogP contribution < -0.4 is 0 Å². The highest BCUT2D eigenvalue weighted by molar-refractivity contribution is 6.32. The molecule has 0 unspecified atom stereocenters. The van der Waals surface area contributed by atoms with E-state index in [4.69, 9.17) is 16.9 Å². The zero-order valence-corrected chi connectivity index (χ0v) is 9.46. The SMILES string of the molecule is CCOC(=O)c1cnc(C#N)c(Cl)c1C(F)F. The average molecular weight is 261 g/mol. The molecule has 17 heavy (non-hydrogen) atoms. The van der Waals surface area contributed by atoms with E-state index in [1.54, 1.807) is 13.0 Å². The summed E-state index contributed by atoms with van der Waals surface area (Å²) in [7, 11) is 0. The minimum absolute atomic E-state index is 0.0408. The highest BCUT2D eigenvalue weighted by atomic mass is 35.5. The first-order valence-corrected chi connectivity index (χ1v) is 4.94. The number of alkyl halides is 2. The van der Waals surface area contributed by atoms with Crippen molar-refractivity contribution in [1.82, 2.24) is 4.98 Å². The van der Waals surface area contributed by atoms with Crippen molar-refractivity contribution in [3.8, 4) is 6.07 Å². The topological polar surface area (TPSA) is 63.0 Å². The van der Waals surface area contributed by atoms with Crippen molar-refractivity contribution in [2.24, 2.45) is 0 Å². The molecule has 7 heteroatoms. The number of hydrogen-bond donors (Lipinski definition) is 0. The monoisotopic (exact) mass is 260 g/mol. The minimum Gasteiger partial charge on any atom is -0.462 e. The lowest BCUT2D eigenvalue weighted by Gasteiger charge is -2.09. The molecule has 0 amide bonds. The molecule has 0 aliphatic rings. The lowest BCUT2D eigenvalue weighted by molar-refractivity contribution is 0.0515. The Morgan fingerprint density at radius 3 is 2.82 bits per heavy atom. The quantitative estimate of drug-likeness (QED) is 0.784. The van der Waals surface area contributed by atoms with Gasteiger partial charge in [0.05, 0.1) is 22.8 Å². The van der Waals surface area contributed by atoms with Crippen molar-refractivity contribution in [3.63, 3.8) is 0 Å². The standard InChI is InChI=1S/C10H7ClF2N2O2/c1-2-17-10(16)5-4-15-6(3-14)8(11)7(5)9(12)13/h4,9H,2H2,1H3. The van der Waals surface area contributed by atoms with Crippen molar-refractivity contribution in [2.45, 2.75) is 13.3 Å². The molecule has 0 saturated heterocycles. The Bertz CT molecular complexity index is 486. The predicted molar refractivity (Wildman–Crippen MR) is 54.9 cm³/mol. The molecule has 0 bridgehead atoms. The van der Waals surface area contributed by atoms with Crippen molar-refractivity contribution in [1.29, 1.82) is 5.26 Å². The molecule has 0 saturated carbocycles. The van der Waals surface area contributed by atoms with Crippen LogP contribution in [0.25, 0.3) is 0 Å². The van der Waals surface area contributed by atoms with E-state index in [0.29, 0.717) is 0 Å². The molecule has 0 spiro atoms. The van der Waals surface area contributed by atoms with Crippen LogP contribution in [0.3, 0.4) is 0 Å². The Morgan fingerprint density at radius 2 is 2.35 bits per heavy atom. The summed E-state index contributed by atoms with van der Waals surface area (Å²) in [5.41, 5.74) is -1.50. The Kier molecular flexibility index (Phi) is 4.35. The van der Waals surface area contributed by atoms with E-state index in [0.717, 1.165) is 6.20 Å². The van der Waals surface area contributed by atoms with E-state index >= 15 is 0 Å². The second-order valence-corrected chi connectivity index (χ2v) is 3.26. The third-order valence-corrected chi connectivity index (χ3v) is 2.26. The molecule has 0 radical (unpaired) electrons. The smallest absolute Gasteiger partial charge is 0.340 e. The maximum Gasteiger partial charge on any atom is 0.340 e. The molecule has 0 aliphatic carbocycles. The third-order valence-electron chi connectivity index (χ3n) is 1.88. The number of aromatic nitrogens is 1. The second kappa shape index (κ2) is 5.55. The van der Waals surface area contributed by atoms with Crippen LogP contribution in [-0.4, -0.2) is 17.6 Å². The van der Waals surface area contributed by atoms with Gasteiger partial charge in [-0.15, -0.1) is 0 Å². The zero-order valence-electron chi connectivity index (χ0n) is 8.71. The van der Waals surface area contributed by atoms with Crippen molar-refractivity contribution < 1.29 is 18.3 Å². The van der Waals surface area contributed by atoms with Crippen LogP contribution in [0.4, 0.5) is 8.78 Å². The molecule has 4 nitrogen and oxygen atoms in total. The third kappa shape index (κ3) is 2.68. The van der Waals surface area contributed by atoms with E-state index in [9.17, 15) is 13.6 Å². The maximum atomic E-state index is 12.8. The van der Waals surface area contributed by atoms with Gasteiger partial charge in [0.15, 0.2) is 5.69 Å². The zero-order chi connectivity index (χ0) is 13.0. The van der Waals surface area contributed by atoms with E-state index in [-0.39, 0.29) is 12.3 Å². The number of nitriles is 1. The largest absolute Gasteiger partial charge is 0.462 e. The average Bonchev–Trinajstić information content (AvgIpc) is 2.28. The van der Waals surface area contributed by atoms with Crippen molar-refractivity contribution in [3.05, 3.63) is 28.0 Å². The highest BCUT2D eigenvalue weighted by Crippen LogP contribution is 2.32. The summed E-state index contributed by atoms with van der Waals surface area (Å²) in [6.45, 7) is 1.58. The van der Waals surface area contributed by atoms with Gasteiger partial charge in [0.1, 0.15) is 6.07 Å². The van der Waals surface area contributed by atoms with Crippen LogP contribution in [0, 0.1) is 11.3 Å². The molecule has 0 atom stereocenters. The fourth-order valence-corrected chi connectivity index (χ4v) is 1.44. The van der Waals surface area contributed by atoms with Gasteiger partial charge in [-0.3, -0.25) is 0 Å². The number of esters is 1. The van der Waals surface area contributed by atoms with Crippen LogP contribution in [0.5, 0.6) is 0 Å². The summed E-state index contributed by atoms with van der Waals surface area (Å²) < 4.78 is 30.1. The van der Waals surface area contributed by atoms with Gasteiger partial charge in [-0.2, -0.15) is 5.26 Å². The lowest BCUT2D eigenvalue weighted by atomic mass is 10.1. The van der Waals surface area contributed by atoms with Crippen LogP contribution in [0.15, 0.2) is 6.20 Å². The number of rotatable bonds is 3. The number of ether oxygens (including phenoxy) is 1. The van der Waals surface area contributed by atoms with Gasteiger partial charge >= 0.3 is 5.97 Å². The van der Waals surface area contributed by atoms with Crippen LogP contribution in [0.2, 0.25) is 5.02 Å². The summed E-state index contributed by atoms with van der Waals surface area (Å²) in [4.78, 5) is 14.9. The van der Waals surface area contributed by atoms with E-state index in [1.807, 2.05) is 0 Å². The van der Waals surface area contributed by atoms with Gasteiger partial charge in [0.2, 0.25) is 0 Å². The summed E-state index contributed by atoms with van der Waals surface area (Å²) in [6, 6.07) is 1.56. The van der Waals surface area contributed by atoms with Gasteiger partial charge in [-0.25, -0.2) is 18.6 Å². The Balaban J connectivity index is 3.37. The Hall–Kier alpha value is -1.74. The van der Waals surface area contributed by atoms with E-state index in [2.05, 4.69) is 9.72 Å². The molecule has 90 valence electrons. The first kappa shape index (κ1) is 13.3. The van der Waals surface area contributed by atoms with Gasteiger partial charge in [0, 0.05) is 6.20 Å². The van der Waals surface area contributed by atoms with Crippen molar-refractivity contribution in [2.75, 3.05) is 6.61 Å². The normalized spacial score (nSPS) is 10.1. The fraction of sp³-hybridized carbons (Fsp3) is 0.300. The second-order valence-electron chi connectivity index (χ2n) is 2.88. The number of carbonyl (C=O) groups excluding carboxylic acids is 1. The van der Waals surface area contributed by atoms with Crippen LogP contribution >= 0.6 is 11.6 Å². The molecule has 0 aromatic carbocycles. The predicted octanol–water partition coefficient (Wildman–Crippen LogP) is 2.72. The maximum absolute atomic E-state index is 12.8. The molecule has 1 heterocycles. The molecule has 1 rings (SSSR count). The minimum atomic E-state index is -2.99. The van der Waals surface area contributed by atoms with Gasteiger partial charge < -0.3 is 4.74 Å². The molecule has 1 aromatic heterocycles. The summed E-state index contributed by atoms with van der Waals surface area (Å²) in [5.74, 6) is -0.943. The summed E-state index contributed by atoms with van der Waals surface area (Å²) in [6.07, 6.45) is -2.12. The highest BCUT2D eigenvalue weighted by Gasteiger charge is 2.25. The molecular weight excluding hydrogens is 254 g/mol. The van der Waals surface area contributed by atoms with E-state index < -0.39 is 28.5 Å². The van der Waals surface area contributed by atoms with Gasteiger partial charge in [-0.05, 0) is 6.92 Å². The lowest BCUT2D eigenvalue weighted by Crippen LogP contribution is -2.10. The number of halogens is 3. The fourth-order valence-electron chi connectivity index (χ4n) is 1.16. The Labute approximate surface area is 101 Å². The number of nitrogens with zero attached hydrogens (tertiary/aromatic N) is 2. The molecule has 0 fully saturated rings. The first-order chi connectivity index (χ1) is 8.02. The number of carbonyl (C=O) groups is 1.